The highest BCUT2D eigenvalue weighted by Gasteiger charge is 2.31. The second kappa shape index (κ2) is 6.01. The van der Waals surface area contributed by atoms with E-state index in [-0.39, 0.29) is 5.41 Å². The molecule has 6 heteroatoms. The van der Waals surface area contributed by atoms with Crippen LogP contribution in [-0.4, -0.2) is 27.1 Å². The van der Waals surface area contributed by atoms with Crippen LogP contribution in [0.5, 0.6) is 0 Å². The topological polar surface area (TPSA) is 62.4 Å². The van der Waals surface area contributed by atoms with Crippen LogP contribution in [0.1, 0.15) is 57.7 Å². The molecule has 0 aliphatic carbocycles. The van der Waals surface area contributed by atoms with Crippen molar-refractivity contribution < 1.29 is 9.52 Å². The Bertz CT molecular complexity index is 603. The maximum Gasteiger partial charge on any atom is 0.205 e. The van der Waals surface area contributed by atoms with Crippen molar-refractivity contribution in [2.75, 3.05) is 11.4 Å². The maximum absolute atomic E-state index is 10.3. The number of rotatable bonds is 4. The van der Waals surface area contributed by atoms with E-state index in [0.717, 1.165) is 30.3 Å². The lowest BCUT2D eigenvalue weighted by atomic mass is 9.96. The molecule has 120 valence electrons. The molecule has 0 radical (unpaired) electrons. The molecule has 5 nitrogen and oxygen atoms in total. The summed E-state index contributed by atoms with van der Waals surface area (Å²) in [5, 5.41) is 11.3. The average Bonchev–Trinajstić information content (AvgIpc) is 3.19. The lowest BCUT2D eigenvalue weighted by Crippen LogP contribution is -2.30. The highest BCUT2D eigenvalue weighted by molar-refractivity contribution is 7.09. The molecule has 2 aromatic heterocycles. The van der Waals surface area contributed by atoms with Gasteiger partial charge in [0.1, 0.15) is 17.7 Å². The summed E-state index contributed by atoms with van der Waals surface area (Å²) in [5.74, 6) is 1.53. The van der Waals surface area contributed by atoms with E-state index in [0.29, 0.717) is 18.2 Å². The van der Waals surface area contributed by atoms with Crippen molar-refractivity contribution in [3.05, 3.63) is 30.0 Å². The van der Waals surface area contributed by atoms with Gasteiger partial charge in [0.25, 0.3) is 0 Å². The standard InChI is InChI=1S/C16H23N3O2S/c1-16(2,3)14-17-15(22-18-14)19-8-4-6-11(19)10-12(20)13-7-5-9-21-13/h5,7,9,11-12,20H,4,6,8,10H2,1-3H3. The van der Waals surface area contributed by atoms with Gasteiger partial charge in [-0.3, -0.25) is 0 Å². The minimum absolute atomic E-state index is 0.0301. The summed E-state index contributed by atoms with van der Waals surface area (Å²) in [4.78, 5) is 7.00. The van der Waals surface area contributed by atoms with Crippen LogP contribution in [0.25, 0.3) is 0 Å². The number of anilines is 1. The van der Waals surface area contributed by atoms with E-state index < -0.39 is 6.10 Å². The molecule has 0 aromatic carbocycles. The summed E-state index contributed by atoms with van der Waals surface area (Å²) in [6, 6.07) is 3.93. The van der Waals surface area contributed by atoms with Gasteiger partial charge in [0.15, 0.2) is 0 Å². The number of hydrogen-bond donors (Lipinski definition) is 1. The Morgan fingerprint density at radius 3 is 2.95 bits per heavy atom. The zero-order valence-electron chi connectivity index (χ0n) is 13.3. The molecule has 3 rings (SSSR count). The fourth-order valence-electron chi connectivity index (χ4n) is 2.82. The van der Waals surface area contributed by atoms with Crippen LogP contribution in [0.4, 0.5) is 5.13 Å². The number of aliphatic hydroxyl groups excluding tert-OH is 1. The first kappa shape index (κ1) is 15.5. The van der Waals surface area contributed by atoms with Crippen molar-refractivity contribution in [1.29, 1.82) is 0 Å². The molecule has 2 atom stereocenters. The van der Waals surface area contributed by atoms with Gasteiger partial charge in [0.05, 0.1) is 6.26 Å². The van der Waals surface area contributed by atoms with Gasteiger partial charge in [0.2, 0.25) is 5.13 Å². The fraction of sp³-hybridized carbons (Fsp3) is 0.625. The summed E-state index contributed by atoms with van der Waals surface area (Å²) in [6.45, 7) is 7.36. The second-order valence-corrected chi connectivity index (χ2v) is 7.64. The van der Waals surface area contributed by atoms with E-state index in [1.54, 1.807) is 6.26 Å². The van der Waals surface area contributed by atoms with E-state index in [4.69, 9.17) is 9.40 Å². The molecular formula is C16H23N3O2S. The minimum Gasteiger partial charge on any atom is -0.467 e. The largest absolute Gasteiger partial charge is 0.467 e. The van der Waals surface area contributed by atoms with Gasteiger partial charge in [0, 0.05) is 36.0 Å². The number of aliphatic hydroxyl groups is 1. The van der Waals surface area contributed by atoms with E-state index in [1.807, 2.05) is 12.1 Å². The molecule has 0 bridgehead atoms. The third-order valence-electron chi connectivity index (χ3n) is 4.08. The first-order chi connectivity index (χ1) is 10.4. The SMILES string of the molecule is CC(C)(C)c1nsc(N2CCCC2CC(O)c2ccco2)n1. The van der Waals surface area contributed by atoms with E-state index in [1.165, 1.54) is 11.5 Å². The molecule has 1 aliphatic heterocycles. The molecule has 0 amide bonds. The number of furan rings is 1. The summed E-state index contributed by atoms with van der Waals surface area (Å²) >= 11 is 1.46. The van der Waals surface area contributed by atoms with Crippen LogP contribution in [-0.2, 0) is 5.41 Å². The van der Waals surface area contributed by atoms with Crippen LogP contribution < -0.4 is 4.90 Å². The first-order valence-corrected chi connectivity index (χ1v) is 8.55. The maximum atomic E-state index is 10.3. The molecule has 2 aromatic rings. The van der Waals surface area contributed by atoms with Crippen LogP contribution in [0, 0.1) is 0 Å². The lowest BCUT2D eigenvalue weighted by molar-refractivity contribution is 0.132. The van der Waals surface area contributed by atoms with E-state index in [2.05, 4.69) is 30.0 Å². The third kappa shape index (κ3) is 3.17. The van der Waals surface area contributed by atoms with Crippen molar-refractivity contribution in [2.24, 2.45) is 0 Å². The fourth-order valence-corrected chi connectivity index (χ4v) is 3.78. The predicted molar refractivity (Wildman–Crippen MR) is 87.3 cm³/mol. The number of hydrogen-bond acceptors (Lipinski definition) is 6. The number of nitrogens with zero attached hydrogens (tertiary/aromatic N) is 3. The lowest BCUT2D eigenvalue weighted by Gasteiger charge is -2.25. The monoisotopic (exact) mass is 321 g/mol. The Morgan fingerprint density at radius 1 is 1.50 bits per heavy atom. The molecule has 3 heterocycles. The summed E-state index contributed by atoms with van der Waals surface area (Å²) in [6.07, 6.45) is 3.90. The van der Waals surface area contributed by atoms with Gasteiger partial charge in [-0.05, 0) is 25.0 Å². The van der Waals surface area contributed by atoms with E-state index in [9.17, 15) is 5.11 Å². The molecule has 1 saturated heterocycles. The highest BCUT2D eigenvalue weighted by Crippen LogP contribution is 2.34. The molecular weight excluding hydrogens is 298 g/mol. The summed E-state index contributed by atoms with van der Waals surface area (Å²) < 4.78 is 9.80. The van der Waals surface area contributed by atoms with Gasteiger partial charge in [-0.15, -0.1) is 0 Å². The quantitative estimate of drug-likeness (QED) is 0.933. The summed E-state index contributed by atoms with van der Waals surface area (Å²) in [5.41, 5.74) is -0.0301. The van der Waals surface area contributed by atoms with Crippen LogP contribution in [0.3, 0.4) is 0 Å². The highest BCUT2D eigenvalue weighted by atomic mass is 32.1. The molecule has 1 N–H and O–H groups in total. The third-order valence-corrected chi connectivity index (χ3v) is 4.83. The normalized spacial score (nSPS) is 20.5. The second-order valence-electron chi connectivity index (χ2n) is 6.91. The van der Waals surface area contributed by atoms with Crippen LogP contribution >= 0.6 is 11.5 Å². The smallest absolute Gasteiger partial charge is 0.205 e. The van der Waals surface area contributed by atoms with Gasteiger partial charge in [-0.2, -0.15) is 4.37 Å². The molecule has 0 saturated carbocycles. The molecule has 0 spiro atoms. The van der Waals surface area contributed by atoms with Crippen molar-refractivity contribution in [1.82, 2.24) is 9.36 Å². The van der Waals surface area contributed by atoms with E-state index >= 15 is 0 Å². The molecule has 1 aliphatic rings. The first-order valence-electron chi connectivity index (χ1n) is 7.77. The van der Waals surface area contributed by atoms with Crippen molar-refractivity contribution >= 4 is 16.7 Å². The minimum atomic E-state index is -0.560. The Balaban J connectivity index is 1.72. The van der Waals surface area contributed by atoms with Gasteiger partial charge in [-0.25, -0.2) is 4.98 Å². The Labute approximate surface area is 135 Å². The van der Waals surface area contributed by atoms with Crippen molar-refractivity contribution in [3.8, 4) is 0 Å². The number of aromatic nitrogens is 2. The molecule has 2 unspecified atom stereocenters. The Morgan fingerprint density at radius 2 is 2.32 bits per heavy atom. The molecule has 1 fully saturated rings. The van der Waals surface area contributed by atoms with Crippen molar-refractivity contribution in [3.63, 3.8) is 0 Å². The molecule has 22 heavy (non-hydrogen) atoms. The average molecular weight is 321 g/mol. The zero-order chi connectivity index (χ0) is 15.7. The van der Waals surface area contributed by atoms with Gasteiger partial charge < -0.3 is 14.4 Å². The predicted octanol–water partition coefficient (Wildman–Crippen LogP) is 3.52. The van der Waals surface area contributed by atoms with Crippen LogP contribution in [0.2, 0.25) is 0 Å². The van der Waals surface area contributed by atoms with Gasteiger partial charge in [-0.1, -0.05) is 20.8 Å². The van der Waals surface area contributed by atoms with Crippen molar-refractivity contribution in [2.45, 2.75) is 57.6 Å². The summed E-state index contributed by atoms with van der Waals surface area (Å²) in [7, 11) is 0. The zero-order valence-corrected chi connectivity index (χ0v) is 14.1. The van der Waals surface area contributed by atoms with Crippen LogP contribution in [0.15, 0.2) is 22.8 Å². The Kier molecular flexibility index (Phi) is 4.23. The Hall–Kier alpha value is -1.40. The van der Waals surface area contributed by atoms with Gasteiger partial charge >= 0.3 is 0 Å².